The van der Waals surface area contributed by atoms with Gasteiger partial charge in [-0.05, 0) is 17.7 Å². The lowest BCUT2D eigenvalue weighted by atomic mass is 10.1. The molecule has 6 heteroatoms. The molecule has 0 aliphatic carbocycles. The Morgan fingerprint density at radius 2 is 1.89 bits per heavy atom. The summed E-state index contributed by atoms with van der Waals surface area (Å²) in [6.45, 7) is 3.74. The van der Waals surface area contributed by atoms with Crippen molar-refractivity contribution in [3.05, 3.63) is 48.3 Å². The van der Waals surface area contributed by atoms with Gasteiger partial charge in [-0.25, -0.2) is 14.6 Å². The number of rotatable bonds is 4. The molecule has 0 aromatic heterocycles. The molecule has 0 aliphatic heterocycles. The molecule has 0 saturated carbocycles. The SMILES string of the molecule is C=CCNC(=O)NNC(=O)Cc1ccc(F)cc1. The van der Waals surface area contributed by atoms with Gasteiger partial charge in [0, 0.05) is 6.54 Å². The van der Waals surface area contributed by atoms with Gasteiger partial charge in [0.25, 0.3) is 0 Å². The highest BCUT2D eigenvalue weighted by Gasteiger charge is 2.04. The average Bonchev–Trinajstić information content (AvgIpc) is 2.36. The van der Waals surface area contributed by atoms with Crippen molar-refractivity contribution in [2.24, 2.45) is 0 Å². The van der Waals surface area contributed by atoms with Gasteiger partial charge in [-0.1, -0.05) is 18.2 Å². The Bertz CT molecular complexity index is 431. The van der Waals surface area contributed by atoms with E-state index in [4.69, 9.17) is 0 Å². The Morgan fingerprint density at radius 1 is 1.22 bits per heavy atom. The highest BCUT2D eigenvalue weighted by molar-refractivity contribution is 5.82. The number of carbonyl (C=O) groups excluding carboxylic acids is 2. The van der Waals surface area contributed by atoms with Gasteiger partial charge in [-0.3, -0.25) is 10.2 Å². The van der Waals surface area contributed by atoms with Crippen LogP contribution in [0.4, 0.5) is 9.18 Å². The molecule has 0 fully saturated rings. The molecule has 1 aromatic carbocycles. The summed E-state index contributed by atoms with van der Waals surface area (Å²) >= 11 is 0. The molecule has 3 amide bonds. The zero-order valence-corrected chi connectivity index (χ0v) is 9.70. The average molecular weight is 251 g/mol. The van der Waals surface area contributed by atoms with E-state index in [1.165, 1.54) is 30.3 Å². The lowest BCUT2D eigenvalue weighted by molar-refractivity contribution is -0.121. The first-order valence-electron chi connectivity index (χ1n) is 5.30. The predicted molar refractivity (Wildman–Crippen MR) is 65.0 cm³/mol. The highest BCUT2D eigenvalue weighted by Crippen LogP contribution is 2.02. The minimum absolute atomic E-state index is 0.0576. The maximum Gasteiger partial charge on any atom is 0.333 e. The van der Waals surface area contributed by atoms with Crippen LogP contribution in [0, 0.1) is 5.82 Å². The lowest BCUT2D eigenvalue weighted by Gasteiger charge is -2.07. The second-order valence-corrected chi connectivity index (χ2v) is 3.48. The minimum atomic E-state index is -0.526. The third-order valence-corrected chi connectivity index (χ3v) is 2.00. The van der Waals surface area contributed by atoms with Crippen molar-refractivity contribution in [2.45, 2.75) is 6.42 Å². The van der Waals surface area contributed by atoms with E-state index in [1.807, 2.05) is 0 Å². The second-order valence-electron chi connectivity index (χ2n) is 3.48. The smallest absolute Gasteiger partial charge is 0.333 e. The molecule has 0 saturated heterocycles. The van der Waals surface area contributed by atoms with Gasteiger partial charge >= 0.3 is 6.03 Å². The number of nitrogens with one attached hydrogen (secondary N) is 3. The van der Waals surface area contributed by atoms with Gasteiger partial charge in [-0.2, -0.15) is 0 Å². The Labute approximate surface area is 104 Å². The van der Waals surface area contributed by atoms with Gasteiger partial charge in [0.2, 0.25) is 5.91 Å². The van der Waals surface area contributed by atoms with E-state index in [0.717, 1.165) is 0 Å². The van der Waals surface area contributed by atoms with Crippen LogP contribution in [0.15, 0.2) is 36.9 Å². The summed E-state index contributed by atoms with van der Waals surface area (Å²) in [6, 6.07) is 5.03. The van der Waals surface area contributed by atoms with Crippen LogP contribution in [-0.4, -0.2) is 18.5 Å². The van der Waals surface area contributed by atoms with Gasteiger partial charge < -0.3 is 5.32 Å². The monoisotopic (exact) mass is 251 g/mol. The van der Waals surface area contributed by atoms with Crippen molar-refractivity contribution in [2.75, 3.05) is 6.54 Å². The first-order valence-corrected chi connectivity index (χ1v) is 5.30. The summed E-state index contributed by atoms with van der Waals surface area (Å²) in [5.74, 6) is -0.753. The van der Waals surface area contributed by atoms with Crippen molar-refractivity contribution < 1.29 is 14.0 Å². The molecule has 0 unspecified atom stereocenters. The van der Waals surface area contributed by atoms with Gasteiger partial charge in [-0.15, -0.1) is 6.58 Å². The van der Waals surface area contributed by atoms with Gasteiger partial charge in [0.1, 0.15) is 5.82 Å². The molecule has 3 N–H and O–H groups in total. The van der Waals surface area contributed by atoms with E-state index >= 15 is 0 Å². The van der Waals surface area contributed by atoms with E-state index < -0.39 is 11.9 Å². The number of urea groups is 1. The van der Waals surface area contributed by atoms with E-state index in [2.05, 4.69) is 22.7 Å². The normalized spacial score (nSPS) is 9.39. The van der Waals surface area contributed by atoms with Crippen molar-refractivity contribution in [3.8, 4) is 0 Å². The minimum Gasteiger partial charge on any atom is -0.333 e. The van der Waals surface area contributed by atoms with Crippen LogP contribution in [0.1, 0.15) is 5.56 Å². The van der Waals surface area contributed by atoms with Gasteiger partial charge in [0.05, 0.1) is 6.42 Å². The largest absolute Gasteiger partial charge is 0.333 e. The van der Waals surface area contributed by atoms with Crippen LogP contribution in [0.2, 0.25) is 0 Å². The number of hydrogen-bond acceptors (Lipinski definition) is 2. The molecule has 0 aliphatic rings. The summed E-state index contributed by atoms with van der Waals surface area (Å²) in [4.78, 5) is 22.5. The molecule has 18 heavy (non-hydrogen) atoms. The summed E-state index contributed by atoms with van der Waals surface area (Å²) in [6.07, 6.45) is 1.57. The second kappa shape index (κ2) is 7.05. The first kappa shape index (κ1) is 13.7. The molecule has 5 nitrogen and oxygen atoms in total. The fourth-order valence-corrected chi connectivity index (χ4v) is 1.17. The molecule has 1 rings (SSSR count). The standard InChI is InChI=1S/C12H14FN3O2/c1-2-7-14-12(18)16-15-11(17)8-9-3-5-10(13)6-4-9/h2-6H,1,7-8H2,(H,15,17)(H2,14,16,18). The van der Waals surface area contributed by atoms with E-state index in [1.54, 1.807) is 0 Å². The van der Waals surface area contributed by atoms with Crippen molar-refractivity contribution in [1.29, 1.82) is 0 Å². The maximum absolute atomic E-state index is 12.6. The topological polar surface area (TPSA) is 70.2 Å². The maximum atomic E-state index is 12.6. The van der Waals surface area contributed by atoms with Crippen LogP contribution in [-0.2, 0) is 11.2 Å². The quantitative estimate of drug-likeness (QED) is 0.549. The van der Waals surface area contributed by atoms with E-state index in [0.29, 0.717) is 12.1 Å². The van der Waals surface area contributed by atoms with Crippen LogP contribution >= 0.6 is 0 Å². The van der Waals surface area contributed by atoms with E-state index in [-0.39, 0.29) is 12.2 Å². The molecular weight excluding hydrogens is 237 g/mol. The number of halogens is 1. The molecule has 1 aromatic rings. The zero-order valence-electron chi connectivity index (χ0n) is 9.70. The summed E-state index contributed by atoms with van der Waals surface area (Å²) < 4.78 is 12.6. The Kier molecular flexibility index (Phi) is 5.37. The summed E-state index contributed by atoms with van der Waals surface area (Å²) in [5, 5.41) is 2.43. The predicted octanol–water partition coefficient (Wildman–Crippen LogP) is 0.885. The third-order valence-electron chi connectivity index (χ3n) is 2.00. The fourth-order valence-electron chi connectivity index (χ4n) is 1.17. The molecule has 96 valence electrons. The Hall–Kier alpha value is -2.37. The fraction of sp³-hybridized carbons (Fsp3) is 0.167. The van der Waals surface area contributed by atoms with Crippen molar-refractivity contribution in [1.82, 2.24) is 16.2 Å². The molecule has 0 bridgehead atoms. The van der Waals surface area contributed by atoms with E-state index in [9.17, 15) is 14.0 Å². The van der Waals surface area contributed by atoms with Crippen LogP contribution in [0.5, 0.6) is 0 Å². The third kappa shape index (κ3) is 5.11. The Balaban J connectivity index is 2.31. The molecule has 0 heterocycles. The Morgan fingerprint density at radius 3 is 2.50 bits per heavy atom. The summed E-state index contributed by atoms with van der Waals surface area (Å²) in [5.41, 5.74) is 5.06. The summed E-state index contributed by atoms with van der Waals surface area (Å²) in [7, 11) is 0. The van der Waals surface area contributed by atoms with Gasteiger partial charge in [0.15, 0.2) is 0 Å². The number of hydrazine groups is 1. The number of benzene rings is 1. The number of carbonyl (C=O) groups is 2. The highest BCUT2D eigenvalue weighted by atomic mass is 19.1. The molecule has 0 atom stereocenters. The first-order chi connectivity index (χ1) is 8.61. The van der Waals surface area contributed by atoms with Crippen LogP contribution in [0.3, 0.4) is 0 Å². The van der Waals surface area contributed by atoms with Crippen molar-refractivity contribution >= 4 is 11.9 Å². The molecule has 0 spiro atoms. The number of hydrogen-bond donors (Lipinski definition) is 3. The van der Waals surface area contributed by atoms with Crippen molar-refractivity contribution in [3.63, 3.8) is 0 Å². The zero-order chi connectivity index (χ0) is 13.4. The molecule has 0 radical (unpaired) electrons. The molecular formula is C12H14FN3O2. The lowest BCUT2D eigenvalue weighted by Crippen LogP contribution is -2.47. The number of amides is 3. The van der Waals surface area contributed by atoms with Crippen LogP contribution < -0.4 is 16.2 Å². The van der Waals surface area contributed by atoms with Crippen LogP contribution in [0.25, 0.3) is 0 Å².